The van der Waals surface area contributed by atoms with Crippen LogP contribution >= 0.6 is 0 Å². The van der Waals surface area contributed by atoms with E-state index in [2.05, 4.69) is 5.73 Å². The number of quaternary nitrogens is 1. The average Bonchev–Trinajstić information content (AvgIpc) is 2.37. The van der Waals surface area contributed by atoms with Crippen LogP contribution in [0.2, 0.25) is 0 Å². The van der Waals surface area contributed by atoms with Crippen LogP contribution in [-0.2, 0) is 11.3 Å². The summed E-state index contributed by atoms with van der Waals surface area (Å²) in [6, 6.07) is 16.7. The zero-order valence-corrected chi connectivity index (χ0v) is 9.43. The molecule has 0 aliphatic rings. The maximum absolute atomic E-state index is 11.7. The lowest BCUT2D eigenvalue weighted by Crippen LogP contribution is -2.40. The van der Waals surface area contributed by atoms with Crippen molar-refractivity contribution in [3.8, 4) is 0 Å². The van der Waals surface area contributed by atoms with Gasteiger partial charge in [0, 0.05) is 6.07 Å². The number of benzene rings is 2. The highest BCUT2D eigenvalue weighted by Crippen LogP contribution is 2.08. The molecule has 0 radical (unpaired) electrons. The summed E-state index contributed by atoms with van der Waals surface area (Å²) in [5, 5.41) is 0. The third-order valence-corrected chi connectivity index (χ3v) is 2.38. The molecule has 17 heavy (non-hydrogen) atoms. The molecule has 0 aliphatic carbocycles. The van der Waals surface area contributed by atoms with Gasteiger partial charge in [0.25, 0.3) is 0 Å². The predicted molar refractivity (Wildman–Crippen MR) is 64.6 cm³/mol. The topological polar surface area (TPSA) is 53.9 Å². The van der Waals surface area contributed by atoms with E-state index in [1.54, 1.807) is 18.2 Å². The van der Waals surface area contributed by atoms with Gasteiger partial charge in [-0.25, -0.2) is 4.79 Å². The van der Waals surface area contributed by atoms with E-state index < -0.39 is 0 Å². The van der Waals surface area contributed by atoms with Gasteiger partial charge in [-0.3, -0.25) is 0 Å². The van der Waals surface area contributed by atoms with E-state index >= 15 is 0 Å². The molecule has 3 N–H and O–H groups in total. The zero-order chi connectivity index (χ0) is 12.1. The highest BCUT2D eigenvalue weighted by molar-refractivity contribution is 5.90. The molecule has 0 saturated carbocycles. The maximum Gasteiger partial charge on any atom is 0.338 e. The van der Waals surface area contributed by atoms with Gasteiger partial charge in [0.15, 0.2) is 0 Å². The quantitative estimate of drug-likeness (QED) is 0.816. The minimum atomic E-state index is -0.320. The van der Waals surface area contributed by atoms with Crippen LogP contribution in [-0.4, -0.2) is 5.97 Å². The number of rotatable bonds is 3. The van der Waals surface area contributed by atoms with E-state index in [1.165, 1.54) is 0 Å². The van der Waals surface area contributed by atoms with Crippen molar-refractivity contribution < 1.29 is 15.3 Å². The van der Waals surface area contributed by atoms with E-state index in [0.717, 1.165) is 11.3 Å². The van der Waals surface area contributed by atoms with Gasteiger partial charge in [-0.05, 0) is 17.7 Å². The van der Waals surface area contributed by atoms with Crippen LogP contribution in [0.25, 0.3) is 0 Å². The van der Waals surface area contributed by atoms with Crippen LogP contribution in [0, 0.1) is 0 Å². The SMILES string of the molecule is [NH3+]c1cccc(C(=O)OCc2ccccc2)c1. The van der Waals surface area contributed by atoms with E-state index in [9.17, 15) is 4.79 Å². The van der Waals surface area contributed by atoms with Gasteiger partial charge in [-0.2, -0.15) is 0 Å². The van der Waals surface area contributed by atoms with Crippen molar-refractivity contribution in [1.82, 2.24) is 0 Å². The molecule has 0 aromatic heterocycles. The summed E-state index contributed by atoms with van der Waals surface area (Å²) in [7, 11) is 0. The molecule has 3 heteroatoms. The molecular formula is C14H14NO2+. The number of carbonyl (C=O) groups excluding carboxylic acids is 1. The van der Waals surface area contributed by atoms with Crippen molar-refractivity contribution >= 4 is 11.7 Å². The fourth-order valence-corrected chi connectivity index (χ4v) is 1.50. The number of hydrogen-bond donors (Lipinski definition) is 1. The molecule has 3 nitrogen and oxygen atoms in total. The second kappa shape index (κ2) is 5.27. The van der Waals surface area contributed by atoms with Gasteiger partial charge in [0.1, 0.15) is 12.3 Å². The summed E-state index contributed by atoms with van der Waals surface area (Å²) < 4.78 is 5.20. The maximum atomic E-state index is 11.7. The number of esters is 1. The van der Waals surface area contributed by atoms with Crippen molar-refractivity contribution in [3.63, 3.8) is 0 Å². The van der Waals surface area contributed by atoms with Gasteiger partial charge in [-0.1, -0.05) is 36.4 Å². The lowest BCUT2D eigenvalue weighted by molar-refractivity contribution is -0.254. The van der Waals surface area contributed by atoms with Crippen LogP contribution in [0.15, 0.2) is 54.6 Å². The van der Waals surface area contributed by atoms with Gasteiger partial charge in [0.05, 0.1) is 5.56 Å². The predicted octanol–water partition coefficient (Wildman–Crippen LogP) is 1.92. The summed E-state index contributed by atoms with van der Waals surface area (Å²) >= 11 is 0. The smallest absolute Gasteiger partial charge is 0.338 e. The number of ether oxygens (including phenoxy) is 1. The third kappa shape index (κ3) is 3.16. The highest BCUT2D eigenvalue weighted by Gasteiger charge is 2.07. The van der Waals surface area contributed by atoms with Crippen LogP contribution in [0.5, 0.6) is 0 Å². The lowest BCUT2D eigenvalue weighted by Gasteiger charge is -2.04. The molecular weight excluding hydrogens is 214 g/mol. The van der Waals surface area contributed by atoms with E-state index in [4.69, 9.17) is 4.74 Å². The monoisotopic (exact) mass is 228 g/mol. The first-order chi connectivity index (χ1) is 8.25. The fraction of sp³-hybridized carbons (Fsp3) is 0.0714. The molecule has 0 amide bonds. The summed E-state index contributed by atoms with van der Waals surface area (Å²) in [6.07, 6.45) is 0. The first-order valence-corrected chi connectivity index (χ1v) is 5.39. The Morgan fingerprint density at radius 1 is 1.06 bits per heavy atom. The fourth-order valence-electron chi connectivity index (χ4n) is 1.50. The Morgan fingerprint density at radius 2 is 1.82 bits per heavy atom. The standard InChI is InChI=1S/C14H13NO2/c15-13-8-4-7-12(9-13)14(16)17-10-11-5-2-1-3-6-11/h1-9H,10,15H2/p+1. The lowest BCUT2D eigenvalue weighted by atomic mass is 10.2. The molecule has 0 unspecified atom stereocenters. The second-order valence-corrected chi connectivity index (χ2v) is 3.76. The van der Waals surface area contributed by atoms with Gasteiger partial charge in [0.2, 0.25) is 0 Å². The normalized spacial score (nSPS) is 9.94. The molecule has 2 aromatic carbocycles. The number of hydrogen-bond acceptors (Lipinski definition) is 2. The van der Waals surface area contributed by atoms with Crippen molar-refractivity contribution in [2.24, 2.45) is 0 Å². The van der Waals surface area contributed by atoms with Gasteiger partial charge >= 0.3 is 5.97 Å². The molecule has 0 spiro atoms. The minimum absolute atomic E-state index is 0.293. The minimum Gasteiger partial charge on any atom is -0.457 e. The molecule has 0 saturated heterocycles. The largest absolute Gasteiger partial charge is 0.457 e. The number of carbonyl (C=O) groups is 1. The molecule has 0 aliphatic heterocycles. The van der Waals surface area contributed by atoms with E-state index in [-0.39, 0.29) is 5.97 Å². The molecule has 0 heterocycles. The Balaban J connectivity index is 1.98. The van der Waals surface area contributed by atoms with Crippen molar-refractivity contribution in [1.29, 1.82) is 0 Å². The van der Waals surface area contributed by atoms with E-state index in [1.807, 2.05) is 36.4 Å². The third-order valence-electron chi connectivity index (χ3n) is 2.38. The van der Waals surface area contributed by atoms with Crippen LogP contribution in [0.1, 0.15) is 15.9 Å². The second-order valence-electron chi connectivity index (χ2n) is 3.76. The zero-order valence-electron chi connectivity index (χ0n) is 9.43. The van der Waals surface area contributed by atoms with Crippen LogP contribution < -0.4 is 5.73 Å². The van der Waals surface area contributed by atoms with Gasteiger partial charge < -0.3 is 10.5 Å². The molecule has 86 valence electrons. The molecule has 0 bridgehead atoms. The Kier molecular flexibility index (Phi) is 3.52. The molecule has 0 atom stereocenters. The Hall–Kier alpha value is -2.13. The average molecular weight is 228 g/mol. The van der Waals surface area contributed by atoms with Gasteiger partial charge in [-0.15, -0.1) is 0 Å². The Morgan fingerprint density at radius 3 is 2.53 bits per heavy atom. The van der Waals surface area contributed by atoms with Crippen molar-refractivity contribution in [3.05, 3.63) is 65.7 Å². The summed E-state index contributed by atoms with van der Waals surface area (Å²) in [6.45, 7) is 0.293. The molecule has 0 fully saturated rings. The van der Waals surface area contributed by atoms with Crippen molar-refractivity contribution in [2.45, 2.75) is 6.61 Å². The first kappa shape index (κ1) is 11.4. The molecule has 2 aromatic rings. The Labute approximate surface area is 99.8 Å². The summed E-state index contributed by atoms with van der Waals surface area (Å²) in [5.74, 6) is -0.320. The summed E-state index contributed by atoms with van der Waals surface area (Å²) in [4.78, 5) is 11.7. The first-order valence-electron chi connectivity index (χ1n) is 5.39. The van der Waals surface area contributed by atoms with E-state index in [0.29, 0.717) is 12.2 Å². The van der Waals surface area contributed by atoms with Crippen LogP contribution in [0.3, 0.4) is 0 Å². The van der Waals surface area contributed by atoms with Crippen molar-refractivity contribution in [2.75, 3.05) is 0 Å². The Bertz CT molecular complexity index is 509. The van der Waals surface area contributed by atoms with Crippen LogP contribution in [0.4, 0.5) is 5.69 Å². The summed E-state index contributed by atoms with van der Waals surface area (Å²) in [5.41, 5.74) is 6.09. The molecule has 2 rings (SSSR count). The highest BCUT2D eigenvalue weighted by atomic mass is 16.5.